The number of hydrogen-bond acceptors (Lipinski definition) is 1. The van der Waals surface area contributed by atoms with E-state index in [1.54, 1.807) is 6.20 Å². The van der Waals surface area contributed by atoms with Crippen molar-refractivity contribution in [3.63, 3.8) is 0 Å². The van der Waals surface area contributed by atoms with Crippen molar-refractivity contribution in [1.82, 2.24) is 4.98 Å². The fourth-order valence-electron chi connectivity index (χ4n) is 1.15. The van der Waals surface area contributed by atoms with Gasteiger partial charge in [0.05, 0.1) is 0 Å². The lowest BCUT2D eigenvalue weighted by Gasteiger charge is -1.98. The van der Waals surface area contributed by atoms with Crippen LogP contribution in [0.1, 0.15) is 5.56 Å². The van der Waals surface area contributed by atoms with Crippen molar-refractivity contribution in [3.05, 3.63) is 49.1 Å². The number of rotatable bonds is 0. The van der Waals surface area contributed by atoms with E-state index < -0.39 is 0 Å². The summed E-state index contributed by atoms with van der Waals surface area (Å²) in [4.78, 5) is 4.00. The summed E-state index contributed by atoms with van der Waals surface area (Å²) in [5, 5.41) is 2.16. The highest BCUT2D eigenvalue weighted by molar-refractivity contribution is 5.85. The summed E-state index contributed by atoms with van der Waals surface area (Å²) >= 11 is 0. The van der Waals surface area contributed by atoms with Gasteiger partial charge in [0.15, 0.2) is 0 Å². The monoisotopic (exact) mass is 141 g/mol. The maximum absolute atomic E-state index is 5.73. The standard InChI is InChI=1S/C10H7N/c1-8-3-2-4-9-7-11-6-5-10(8)9/h1-7H. The topological polar surface area (TPSA) is 12.9 Å². The molecule has 0 aliphatic heterocycles. The Morgan fingerprint density at radius 1 is 1.18 bits per heavy atom. The van der Waals surface area contributed by atoms with Gasteiger partial charge < -0.3 is 0 Å². The van der Waals surface area contributed by atoms with Crippen LogP contribution in [0.3, 0.4) is 0 Å². The average molecular weight is 141 g/mol. The molecule has 0 bridgehead atoms. The normalized spacial score (nSPS) is 10.3. The molecular formula is C10H7N. The summed E-state index contributed by atoms with van der Waals surface area (Å²) in [5.41, 5.74) is 0.810. The first-order valence-electron chi connectivity index (χ1n) is 3.46. The molecule has 1 heterocycles. The Morgan fingerprint density at radius 3 is 2.91 bits per heavy atom. The molecule has 0 saturated heterocycles. The fraction of sp³-hybridized carbons (Fsp3) is 0. The van der Waals surface area contributed by atoms with E-state index in [1.165, 1.54) is 0 Å². The highest BCUT2D eigenvalue weighted by Gasteiger charge is 1.93. The molecule has 52 valence electrons. The zero-order valence-corrected chi connectivity index (χ0v) is 5.99. The first kappa shape index (κ1) is 6.35. The molecule has 0 fully saturated rings. The van der Waals surface area contributed by atoms with Crippen molar-refractivity contribution >= 4 is 10.8 Å². The SMILES string of the molecule is [CH]c1cccc2cnccc12. The van der Waals surface area contributed by atoms with Crippen LogP contribution < -0.4 is 0 Å². The molecule has 2 aromatic rings. The Labute approximate surface area is 65.7 Å². The molecule has 0 N–H and O–H groups in total. The molecule has 0 aliphatic carbocycles. The Bertz CT molecular complexity index is 374. The van der Waals surface area contributed by atoms with Crippen LogP contribution in [0.2, 0.25) is 0 Å². The molecule has 0 unspecified atom stereocenters. The maximum Gasteiger partial charge on any atom is 0.0346 e. The molecular weight excluding hydrogens is 134 g/mol. The van der Waals surface area contributed by atoms with Crippen molar-refractivity contribution in [2.75, 3.05) is 0 Å². The highest BCUT2D eigenvalue weighted by atomic mass is 14.6. The quantitative estimate of drug-likeness (QED) is 0.548. The first-order chi connectivity index (χ1) is 5.38. The fourth-order valence-corrected chi connectivity index (χ4v) is 1.15. The predicted octanol–water partition coefficient (Wildman–Crippen LogP) is 2.29. The van der Waals surface area contributed by atoms with Crippen molar-refractivity contribution in [3.8, 4) is 0 Å². The zero-order valence-electron chi connectivity index (χ0n) is 5.99. The van der Waals surface area contributed by atoms with Crippen LogP contribution in [-0.4, -0.2) is 4.98 Å². The third kappa shape index (κ3) is 0.984. The van der Waals surface area contributed by atoms with Gasteiger partial charge in [-0.1, -0.05) is 18.2 Å². The zero-order chi connectivity index (χ0) is 7.68. The lowest BCUT2D eigenvalue weighted by Crippen LogP contribution is -1.77. The largest absolute Gasteiger partial charge is 0.264 e. The Balaban J connectivity index is 2.91. The van der Waals surface area contributed by atoms with Crippen molar-refractivity contribution in [2.45, 2.75) is 0 Å². The van der Waals surface area contributed by atoms with Gasteiger partial charge >= 0.3 is 0 Å². The molecule has 1 heteroatoms. The van der Waals surface area contributed by atoms with Gasteiger partial charge in [0, 0.05) is 17.8 Å². The van der Waals surface area contributed by atoms with E-state index >= 15 is 0 Å². The molecule has 0 aliphatic rings. The maximum atomic E-state index is 5.73. The summed E-state index contributed by atoms with van der Waals surface area (Å²) in [6, 6.07) is 7.74. The van der Waals surface area contributed by atoms with Crippen LogP contribution in [0.15, 0.2) is 36.7 Å². The smallest absolute Gasteiger partial charge is 0.0346 e. The highest BCUT2D eigenvalue weighted by Crippen LogP contribution is 2.15. The summed E-state index contributed by atoms with van der Waals surface area (Å²) < 4.78 is 0. The van der Waals surface area contributed by atoms with Gasteiger partial charge in [-0.2, -0.15) is 0 Å². The Kier molecular flexibility index (Phi) is 1.35. The summed E-state index contributed by atoms with van der Waals surface area (Å²) in [7, 11) is 0. The van der Waals surface area contributed by atoms with Crippen LogP contribution in [0.4, 0.5) is 0 Å². The van der Waals surface area contributed by atoms with Crippen LogP contribution in [-0.2, 0) is 0 Å². The second-order valence-electron chi connectivity index (χ2n) is 2.44. The van der Waals surface area contributed by atoms with E-state index in [0.717, 1.165) is 16.3 Å². The van der Waals surface area contributed by atoms with E-state index in [9.17, 15) is 0 Å². The molecule has 2 rings (SSSR count). The number of nitrogens with zero attached hydrogens (tertiary/aromatic N) is 1. The molecule has 0 spiro atoms. The van der Waals surface area contributed by atoms with Crippen molar-refractivity contribution < 1.29 is 0 Å². The van der Waals surface area contributed by atoms with E-state index in [4.69, 9.17) is 6.92 Å². The van der Waals surface area contributed by atoms with Crippen LogP contribution >= 0.6 is 0 Å². The minimum atomic E-state index is 0.810. The van der Waals surface area contributed by atoms with E-state index in [1.807, 2.05) is 30.5 Å². The van der Waals surface area contributed by atoms with Gasteiger partial charge in [0.2, 0.25) is 0 Å². The third-order valence-electron chi connectivity index (χ3n) is 1.71. The molecule has 2 radical (unpaired) electrons. The Hall–Kier alpha value is -1.37. The number of aromatic nitrogens is 1. The number of benzene rings is 1. The van der Waals surface area contributed by atoms with Gasteiger partial charge in [-0.3, -0.25) is 4.98 Å². The third-order valence-corrected chi connectivity index (χ3v) is 1.71. The number of pyridine rings is 1. The van der Waals surface area contributed by atoms with Gasteiger partial charge in [-0.15, -0.1) is 0 Å². The summed E-state index contributed by atoms with van der Waals surface area (Å²) in [5.74, 6) is 0. The molecule has 1 aromatic carbocycles. The lowest BCUT2D eigenvalue weighted by molar-refractivity contribution is 1.36. The van der Waals surface area contributed by atoms with Gasteiger partial charge in [0.25, 0.3) is 0 Å². The van der Waals surface area contributed by atoms with Gasteiger partial charge in [-0.05, 0) is 23.9 Å². The second kappa shape index (κ2) is 2.35. The minimum Gasteiger partial charge on any atom is -0.264 e. The van der Waals surface area contributed by atoms with Crippen molar-refractivity contribution in [2.24, 2.45) is 0 Å². The molecule has 11 heavy (non-hydrogen) atoms. The van der Waals surface area contributed by atoms with E-state index in [2.05, 4.69) is 4.98 Å². The predicted molar refractivity (Wildman–Crippen MR) is 45.1 cm³/mol. The molecule has 0 saturated carbocycles. The van der Waals surface area contributed by atoms with Crippen LogP contribution in [0.5, 0.6) is 0 Å². The summed E-state index contributed by atoms with van der Waals surface area (Å²) in [6.45, 7) is 5.73. The molecule has 1 nitrogen and oxygen atoms in total. The van der Waals surface area contributed by atoms with E-state index in [-0.39, 0.29) is 0 Å². The Morgan fingerprint density at radius 2 is 2.09 bits per heavy atom. The minimum absolute atomic E-state index is 0.810. The average Bonchev–Trinajstić information content (AvgIpc) is 2.06. The van der Waals surface area contributed by atoms with Crippen molar-refractivity contribution in [1.29, 1.82) is 0 Å². The number of hydrogen-bond donors (Lipinski definition) is 0. The van der Waals surface area contributed by atoms with Crippen LogP contribution in [0, 0.1) is 6.92 Å². The second-order valence-corrected chi connectivity index (χ2v) is 2.44. The summed E-state index contributed by atoms with van der Waals surface area (Å²) in [6.07, 6.45) is 3.56. The lowest BCUT2D eigenvalue weighted by atomic mass is 10.1. The van der Waals surface area contributed by atoms with Gasteiger partial charge in [-0.25, -0.2) is 0 Å². The molecule has 0 atom stereocenters. The van der Waals surface area contributed by atoms with E-state index in [0.29, 0.717) is 0 Å². The first-order valence-corrected chi connectivity index (χ1v) is 3.46. The molecule has 1 aromatic heterocycles. The van der Waals surface area contributed by atoms with Crippen LogP contribution in [0.25, 0.3) is 10.8 Å². The van der Waals surface area contributed by atoms with Gasteiger partial charge in [0.1, 0.15) is 0 Å². The number of fused-ring (bicyclic) bond motifs is 1. The molecule has 0 amide bonds.